The second-order valence-electron chi connectivity index (χ2n) is 4.75. The molecule has 2 rings (SSSR count). The summed E-state index contributed by atoms with van der Waals surface area (Å²) < 4.78 is 0. The van der Waals surface area contributed by atoms with Crippen LogP contribution in [0.4, 0.5) is 5.69 Å². The highest BCUT2D eigenvalue weighted by molar-refractivity contribution is 5.34. The van der Waals surface area contributed by atoms with Gasteiger partial charge in [-0.05, 0) is 17.5 Å². The van der Waals surface area contributed by atoms with Crippen molar-refractivity contribution in [2.75, 3.05) is 6.54 Å². The zero-order valence-corrected chi connectivity index (χ0v) is 11.2. The van der Waals surface area contributed by atoms with Crippen molar-refractivity contribution in [3.8, 4) is 0 Å². The van der Waals surface area contributed by atoms with Gasteiger partial charge in [-0.3, -0.25) is 20.2 Å². The maximum absolute atomic E-state index is 10.8. The van der Waals surface area contributed by atoms with Gasteiger partial charge in [0, 0.05) is 17.1 Å². The lowest BCUT2D eigenvalue weighted by Gasteiger charge is -2.13. The molecule has 0 saturated carbocycles. The van der Waals surface area contributed by atoms with Gasteiger partial charge in [-0.2, -0.15) is 0 Å². The summed E-state index contributed by atoms with van der Waals surface area (Å²) >= 11 is 0. The first-order chi connectivity index (χ1) is 10.1. The van der Waals surface area contributed by atoms with Gasteiger partial charge in [0.2, 0.25) is 6.54 Å². The van der Waals surface area contributed by atoms with Crippen LogP contribution >= 0.6 is 0 Å². The quantitative estimate of drug-likeness (QED) is 0.602. The molecule has 0 N–H and O–H groups in total. The number of rotatable bonds is 6. The average Bonchev–Trinajstić information content (AvgIpc) is 2.47. The Morgan fingerprint density at radius 2 is 1.52 bits per heavy atom. The summed E-state index contributed by atoms with van der Waals surface area (Å²) in [5.41, 5.74) is 1.76. The Morgan fingerprint density at radius 1 is 0.905 bits per heavy atom. The number of non-ortho nitro benzene ring substituents is 1. The van der Waals surface area contributed by atoms with E-state index in [9.17, 15) is 20.2 Å². The van der Waals surface area contributed by atoms with Gasteiger partial charge in [0.25, 0.3) is 5.69 Å². The van der Waals surface area contributed by atoms with Crippen LogP contribution in [0.2, 0.25) is 0 Å². The molecule has 0 amide bonds. The molecule has 0 heterocycles. The molecule has 0 fully saturated rings. The van der Waals surface area contributed by atoms with Crippen molar-refractivity contribution in [3.63, 3.8) is 0 Å². The maximum Gasteiger partial charge on any atom is 0.269 e. The number of hydrogen-bond acceptors (Lipinski definition) is 4. The highest BCUT2D eigenvalue weighted by atomic mass is 16.6. The van der Waals surface area contributed by atoms with Gasteiger partial charge in [-0.25, -0.2) is 0 Å². The van der Waals surface area contributed by atoms with Crippen LogP contribution < -0.4 is 0 Å². The molecule has 2 aromatic rings. The van der Waals surface area contributed by atoms with Crippen molar-refractivity contribution in [2.45, 2.75) is 12.3 Å². The summed E-state index contributed by atoms with van der Waals surface area (Å²) in [6, 6.07) is 15.4. The normalized spacial score (nSPS) is 11.8. The van der Waals surface area contributed by atoms with Gasteiger partial charge in [0.15, 0.2) is 0 Å². The van der Waals surface area contributed by atoms with Crippen LogP contribution in [0.5, 0.6) is 0 Å². The van der Waals surface area contributed by atoms with Crippen LogP contribution in [0.15, 0.2) is 54.6 Å². The standard InChI is InChI=1S/C15H14N2O4/c18-16(19)11-14(13-4-2-1-3-5-13)10-12-6-8-15(9-7-12)17(20)21/h1-9,14H,10-11H2. The van der Waals surface area contributed by atoms with Crippen LogP contribution in [0.3, 0.4) is 0 Å². The zero-order valence-electron chi connectivity index (χ0n) is 11.2. The van der Waals surface area contributed by atoms with E-state index in [1.54, 1.807) is 12.1 Å². The van der Waals surface area contributed by atoms with Gasteiger partial charge in [0.1, 0.15) is 0 Å². The lowest BCUT2D eigenvalue weighted by Crippen LogP contribution is -2.15. The molecular weight excluding hydrogens is 272 g/mol. The molecule has 0 radical (unpaired) electrons. The van der Waals surface area contributed by atoms with Gasteiger partial charge in [-0.1, -0.05) is 42.5 Å². The van der Waals surface area contributed by atoms with Crippen LogP contribution in [0.1, 0.15) is 17.0 Å². The molecule has 21 heavy (non-hydrogen) atoms. The lowest BCUT2D eigenvalue weighted by atomic mass is 9.92. The minimum Gasteiger partial charge on any atom is -0.265 e. The van der Waals surface area contributed by atoms with Crippen LogP contribution in [-0.4, -0.2) is 16.4 Å². The van der Waals surface area contributed by atoms with E-state index in [0.29, 0.717) is 6.42 Å². The van der Waals surface area contributed by atoms with Crippen molar-refractivity contribution in [1.29, 1.82) is 0 Å². The third kappa shape index (κ3) is 4.10. The molecule has 6 heteroatoms. The number of nitro benzene ring substituents is 1. The van der Waals surface area contributed by atoms with Crippen LogP contribution in [-0.2, 0) is 6.42 Å². The van der Waals surface area contributed by atoms with Crippen molar-refractivity contribution < 1.29 is 9.85 Å². The highest BCUT2D eigenvalue weighted by Crippen LogP contribution is 2.22. The first kappa shape index (κ1) is 14.6. The van der Waals surface area contributed by atoms with Crippen molar-refractivity contribution in [1.82, 2.24) is 0 Å². The molecule has 6 nitrogen and oxygen atoms in total. The molecule has 0 aliphatic rings. The van der Waals surface area contributed by atoms with Crippen LogP contribution in [0, 0.1) is 20.2 Å². The second kappa shape index (κ2) is 6.60. The van der Waals surface area contributed by atoms with Crippen molar-refractivity contribution in [3.05, 3.63) is 86.0 Å². The lowest BCUT2D eigenvalue weighted by molar-refractivity contribution is -0.483. The topological polar surface area (TPSA) is 86.3 Å². The Morgan fingerprint density at radius 3 is 2.05 bits per heavy atom. The zero-order chi connectivity index (χ0) is 15.2. The Hall–Kier alpha value is -2.76. The van der Waals surface area contributed by atoms with E-state index in [1.807, 2.05) is 30.3 Å². The predicted octanol–water partition coefficient (Wildman–Crippen LogP) is 3.20. The molecule has 2 aromatic carbocycles. The van der Waals surface area contributed by atoms with E-state index in [0.717, 1.165) is 11.1 Å². The van der Waals surface area contributed by atoms with Gasteiger partial charge < -0.3 is 0 Å². The SMILES string of the molecule is O=[N+]([O-])CC(Cc1ccc([N+](=O)[O-])cc1)c1ccccc1. The molecule has 0 bridgehead atoms. The van der Waals surface area contributed by atoms with Gasteiger partial charge in [0.05, 0.1) is 10.8 Å². The van der Waals surface area contributed by atoms with E-state index in [4.69, 9.17) is 0 Å². The average molecular weight is 286 g/mol. The minimum atomic E-state index is -0.463. The number of benzene rings is 2. The summed E-state index contributed by atoms with van der Waals surface area (Å²) in [5, 5.41) is 21.5. The van der Waals surface area contributed by atoms with Crippen molar-refractivity contribution in [2.24, 2.45) is 0 Å². The smallest absolute Gasteiger partial charge is 0.265 e. The molecule has 0 spiro atoms. The van der Waals surface area contributed by atoms with Gasteiger partial charge >= 0.3 is 0 Å². The second-order valence-corrected chi connectivity index (χ2v) is 4.75. The molecule has 0 aliphatic carbocycles. The molecule has 0 aliphatic heterocycles. The Bertz CT molecular complexity index is 626. The van der Waals surface area contributed by atoms with E-state index in [2.05, 4.69) is 0 Å². The predicted molar refractivity (Wildman–Crippen MR) is 77.8 cm³/mol. The molecule has 0 saturated heterocycles. The first-order valence-corrected chi connectivity index (χ1v) is 6.46. The fourth-order valence-corrected chi connectivity index (χ4v) is 2.23. The molecular formula is C15H14N2O4. The summed E-state index contributed by atoms with van der Waals surface area (Å²) in [6.07, 6.45) is 0.475. The van der Waals surface area contributed by atoms with Crippen LogP contribution in [0.25, 0.3) is 0 Å². The number of nitro groups is 2. The Balaban J connectivity index is 2.18. The third-order valence-electron chi connectivity index (χ3n) is 3.27. The fourth-order valence-electron chi connectivity index (χ4n) is 2.23. The largest absolute Gasteiger partial charge is 0.269 e. The molecule has 1 atom stereocenters. The summed E-state index contributed by atoms with van der Waals surface area (Å²) in [5.74, 6) is -0.248. The van der Waals surface area contributed by atoms with Crippen molar-refractivity contribution >= 4 is 5.69 Å². The molecule has 0 aromatic heterocycles. The van der Waals surface area contributed by atoms with E-state index in [-0.39, 0.29) is 23.1 Å². The Labute approximate surface area is 121 Å². The molecule has 1 unspecified atom stereocenters. The summed E-state index contributed by atoms with van der Waals surface area (Å²) in [4.78, 5) is 20.7. The number of hydrogen-bond donors (Lipinski definition) is 0. The van der Waals surface area contributed by atoms with E-state index in [1.165, 1.54) is 12.1 Å². The fraction of sp³-hybridized carbons (Fsp3) is 0.200. The number of nitrogens with zero attached hydrogens (tertiary/aromatic N) is 2. The third-order valence-corrected chi connectivity index (χ3v) is 3.27. The minimum absolute atomic E-state index is 0.0179. The van der Waals surface area contributed by atoms with E-state index < -0.39 is 4.92 Å². The first-order valence-electron chi connectivity index (χ1n) is 6.46. The molecule has 108 valence electrons. The monoisotopic (exact) mass is 286 g/mol. The van der Waals surface area contributed by atoms with Gasteiger partial charge in [-0.15, -0.1) is 0 Å². The summed E-state index contributed by atoms with van der Waals surface area (Å²) in [7, 11) is 0. The highest BCUT2D eigenvalue weighted by Gasteiger charge is 2.18. The maximum atomic E-state index is 10.8. The van der Waals surface area contributed by atoms with E-state index >= 15 is 0 Å². The Kier molecular flexibility index (Phi) is 4.61. The summed E-state index contributed by atoms with van der Waals surface area (Å²) in [6.45, 7) is -0.166.